The van der Waals surface area contributed by atoms with Crippen molar-refractivity contribution in [3.8, 4) is 28.7 Å². The van der Waals surface area contributed by atoms with Gasteiger partial charge in [-0.2, -0.15) is 0 Å². The van der Waals surface area contributed by atoms with E-state index in [9.17, 15) is 14.7 Å². The van der Waals surface area contributed by atoms with Gasteiger partial charge in [-0.1, -0.05) is 19.1 Å². The van der Waals surface area contributed by atoms with Crippen LogP contribution in [0.25, 0.3) is 0 Å². The fourth-order valence-corrected chi connectivity index (χ4v) is 4.97. The summed E-state index contributed by atoms with van der Waals surface area (Å²) in [5.41, 5.74) is 5.18. The van der Waals surface area contributed by atoms with Crippen LogP contribution in [0.15, 0.2) is 24.3 Å². The molecule has 0 bridgehead atoms. The van der Waals surface area contributed by atoms with Gasteiger partial charge in [0.15, 0.2) is 0 Å². The van der Waals surface area contributed by atoms with Crippen molar-refractivity contribution >= 4 is 11.9 Å². The van der Waals surface area contributed by atoms with E-state index in [1.165, 1.54) is 19.8 Å². The molecular formula is C33H40O8. The first-order valence-electron chi connectivity index (χ1n) is 13.6. The second kappa shape index (κ2) is 13.4. The lowest BCUT2D eigenvalue weighted by atomic mass is 9.96. The van der Waals surface area contributed by atoms with E-state index in [4.69, 9.17) is 23.7 Å². The zero-order valence-corrected chi connectivity index (χ0v) is 25.4. The van der Waals surface area contributed by atoms with E-state index in [2.05, 4.69) is 19.1 Å². The van der Waals surface area contributed by atoms with E-state index in [1.807, 2.05) is 32.9 Å². The number of rotatable bonds is 12. The normalized spacial score (nSPS) is 10.8. The Labute approximate surface area is 242 Å². The van der Waals surface area contributed by atoms with Crippen LogP contribution in [0.1, 0.15) is 73.0 Å². The van der Waals surface area contributed by atoms with Gasteiger partial charge in [0.05, 0.1) is 27.4 Å². The Kier molecular flexibility index (Phi) is 10.3. The van der Waals surface area contributed by atoms with Crippen LogP contribution < -0.4 is 23.7 Å². The quantitative estimate of drug-likeness (QED) is 0.144. The molecule has 0 saturated heterocycles. The van der Waals surface area contributed by atoms with Crippen LogP contribution in [0, 0.1) is 41.5 Å². The average Bonchev–Trinajstić information content (AvgIpc) is 2.95. The Hall–Kier alpha value is -4.20. The van der Waals surface area contributed by atoms with E-state index in [-0.39, 0.29) is 22.6 Å². The maximum Gasteiger partial charge on any atom is 0.347 e. The van der Waals surface area contributed by atoms with Gasteiger partial charge in [0.25, 0.3) is 0 Å². The van der Waals surface area contributed by atoms with E-state index < -0.39 is 11.9 Å². The lowest BCUT2D eigenvalue weighted by molar-refractivity contribution is 0.0692. The zero-order valence-electron chi connectivity index (χ0n) is 25.4. The van der Waals surface area contributed by atoms with Crippen molar-refractivity contribution in [1.29, 1.82) is 0 Å². The molecule has 0 fully saturated rings. The maximum absolute atomic E-state index is 13.6. The Morgan fingerprint density at radius 1 is 0.659 bits per heavy atom. The molecule has 3 aromatic carbocycles. The smallest absolute Gasteiger partial charge is 0.347 e. The molecule has 0 unspecified atom stereocenters. The second-order valence-electron chi connectivity index (χ2n) is 9.97. The van der Waals surface area contributed by atoms with Crippen LogP contribution in [-0.4, -0.2) is 44.5 Å². The lowest BCUT2D eigenvalue weighted by Crippen LogP contribution is -2.17. The molecule has 0 aliphatic heterocycles. The molecule has 0 amide bonds. The number of hydrogen-bond donors (Lipinski definition) is 1. The molecule has 0 spiro atoms. The van der Waals surface area contributed by atoms with Gasteiger partial charge < -0.3 is 28.8 Å². The predicted molar refractivity (Wildman–Crippen MR) is 158 cm³/mol. The highest BCUT2D eigenvalue weighted by molar-refractivity contribution is 5.98. The van der Waals surface area contributed by atoms with Crippen LogP contribution in [0.3, 0.4) is 0 Å². The molecule has 3 rings (SSSR count). The minimum atomic E-state index is -1.11. The largest absolute Gasteiger partial charge is 0.495 e. The number of carboxylic acid groups (broad SMARTS) is 1. The third-order valence-electron chi connectivity index (χ3n) is 7.53. The van der Waals surface area contributed by atoms with Crippen molar-refractivity contribution in [2.24, 2.45) is 0 Å². The molecule has 3 aromatic rings. The Morgan fingerprint density at radius 2 is 1.17 bits per heavy atom. The summed E-state index contributed by atoms with van der Waals surface area (Å²) in [5, 5.41) is 9.71. The van der Waals surface area contributed by atoms with E-state index in [0.29, 0.717) is 59.0 Å². The molecule has 0 aliphatic carbocycles. The van der Waals surface area contributed by atoms with Gasteiger partial charge >= 0.3 is 11.9 Å². The third-order valence-corrected chi connectivity index (χ3v) is 7.53. The van der Waals surface area contributed by atoms with E-state index in [1.54, 1.807) is 20.8 Å². The van der Waals surface area contributed by atoms with Gasteiger partial charge in [0, 0.05) is 17.5 Å². The number of carbonyl (C=O) groups is 2. The van der Waals surface area contributed by atoms with Crippen LogP contribution >= 0.6 is 0 Å². The summed E-state index contributed by atoms with van der Waals surface area (Å²) in [6.07, 6.45) is 1.66. The van der Waals surface area contributed by atoms with Crippen molar-refractivity contribution < 1.29 is 38.4 Å². The van der Waals surface area contributed by atoms with Crippen LogP contribution in [0.5, 0.6) is 28.7 Å². The minimum absolute atomic E-state index is 0.0454. The summed E-state index contributed by atoms with van der Waals surface area (Å²) in [7, 11) is 2.89. The van der Waals surface area contributed by atoms with E-state index >= 15 is 0 Å². The summed E-state index contributed by atoms with van der Waals surface area (Å²) in [6, 6.07) is 8.07. The third kappa shape index (κ3) is 6.42. The highest BCUT2D eigenvalue weighted by Crippen LogP contribution is 2.41. The highest BCUT2D eigenvalue weighted by atomic mass is 16.5. The maximum atomic E-state index is 13.6. The van der Waals surface area contributed by atoms with Gasteiger partial charge in [-0.3, -0.25) is 0 Å². The highest BCUT2D eigenvalue weighted by Gasteiger charge is 2.29. The minimum Gasteiger partial charge on any atom is -0.495 e. The number of aromatic carboxylic acids is 1. The number of carboxylic acids is 1. The second-order valence-corrected chi connectivity index (χ2v) is 9.97. The molecule has 0 atom stereocenters. The van der Waals surface area contributed by atoms with E-state index in [0.717, 1.165) is 17.7 Å². The molecule has 0 aromatic heterocycles. The molecular weight excluding hydrogens is 524 g/mol. The van der Waals surface area contributed by atoms with Gasteiger partial charge in [0.1, 0.15) is 39.9 Å². The van der Waals surface area contributed by atoms with Crippen LogP contribution in [-0.2, 0) is 6.42 Å². The van der Waals surface area contributed by atoms with Gasteiger partial charge in [-0.25, -0.2) is 9.59 Å². The Balaban J connectivity index is 1.83. The zero-order chi connectivity index (χ0) is 30.4. The molecule has 8 nitrogen and oxygen atoms in total. The van der Waals surface area contributed by atoms with Gasteiger partial charge in [-0.05, 0) is 87.9 Å². The number of aryl methyl sites for hydroxylation is 1. The molecule has 0 aliphatic rings. The SMILES string of the molecule is CCc1ccc(OCCCOc2c(C)c(C)c(C(=O)Oc3c(C)c(C)c(C(=O)O)c(OC)c3C)c(OC)c2C)cc1. The number of methoxy groups -OCH3 is 2. The molecule has 0 radical (unpaired) electrons. The van der Waals surface area contributed by atoms with Crippen molar-refractivity contribution in [3.05, 3.63) is 74.3 Å². The predicted octanol–water partition coefficient (Wildman–Crippen LogP) is 6.88. The molecule has 1 N–H and O–H groups in total. The summed E-state index contributed by atoms with van der Waals surface area (Å²) in [5.74, 6) is 0.530. The van der Waals surface area contributed by atoms with Crippen molar-refractivity contribution in [2.45, 2.75) is 61.3 Å². The molecule has 220 valence electrons. The summed E-state index contributed by atoms with van der Waals surface area (Å²) in [6.45, 7) is 13.7. The van der Waals surface area contributed by atoms with Crippen molar-refractivity contribution in [1.82, 2.24) is 0 Å². The van der Waals surface area contributed by atoms with Gasteiger partial charge in [-0.15, -0.1) is 0 Å². The van der Waals surface area contributed by atoms with Crippen LogP contribution in [0.4, 0.5) is 0 Å². The molecule has 8 heteroatoms. The molecule has 41 heavy (non-hydrogen) atoms. The van der Waals surface area contributed by atoms with Crippen molar-refractivity contribution in [2.75, 3.05) is 27.4 Å². The summed E-state index contributed by atoms with van der Waals surface area (Å²) >= 11 is 0. The average molecular weight is 565 g/mol. The first-order chi connectivity index (χ1) is 19.5. The van der Waals surface area contributed by atoms with Crippen molar-refractivity contribution in [3.63, 3.8) is 0 Å². The molecule has 0 heterocycles. The fraction of sp³-hybridized carbons (Fsp3) is 0.394. The van der Waals surface area contributed by atoms with Gasteiger partial charge in [0.2, 0.25) is 0 Å². The number of ether oxygens (including phenoxy) is 5. The number of carbonyl (C=O) groups excluding carboxylic acids is 1. The first-order valence-corrected chi connectivity index (χ1v) is 13.6. The fourth-order valence-electron chi connectivity index (χ4n) is 4.97. The summed E-state index contributed by atoms with van der Waals surface area (Å²) < 4.78 is 29.0. The summed E-state index contributed by atoms with van der Waals surface area (Å²) in [4.78, 5) is 25.5. The first kappa shape index (κ1) is 31.3. The topological polar surface area (TPSA) is 101 Å². The number of esters is 1. The van der Waals surface area contributed by atoms with Crippen LogP contribution in [0.2, 0.25) is 0 Å². The Morgan fingerprint density at radius 3 is 1.73 bits per heavy atom. The monoisotopic (exact) mass is 564 g/mol. The number of hydrogen-bond acceptors (Lipinski definition) is 7. The number of benzene rings is 3. The molecule has 0 saturated carbocycles. The standard InChI is InChI=1S/C33H40O8/c1-10-24-12-14-25(15-13-24)39-16-11-17-40-28-20(4)19(3)27(31(38-9)22(28)6)33(36)41-29-21(5)18(2)26(32(34)35)30(37-8)23(29)7/h12-15H,10-11,16-17H2,1-9H3,(H,34,35). The Bertz CT molecular complexity index is 1440. The lowest BCUT2D eigenvalue weighted by Gasteiger charge is -2.22.